The normalized spacial score (nSPS) is 17.4. The minimum atomic E-state index is -0.901. The van der Waals surface area contributed by atoms with Crippen LogP contribution in [-0.2, 0) is 6.42 Å². The number of benzene rings is 1. The quantitative estimate of drug-likeness (QED) is 0.448. The molecule has 7 nitrogen and oxygen atoms in total. The molecule has 1 N–H and O–H groups in total. The van der Waals surface area contributed by atoms with Crippen LogP contribution in [0.25, 0.3) is 16.6 Å². The summed E-state index contributed by atoms with van der Waals surface area (Å²) in [6.07, 6.45) is 6.63. The van der Waals surface area contributed by atoms with Gasteiger partial charge in [0.25, 0.3) is 0 Å². The van der Waals surface area contributed by atoms with Crippen molar-refractivity contribution in [2.24, 2.45) is 0 Å². The highest BCUT2D eigenvalue weighted by molar-refractivity contribution is 5.85. The van der Waals surface area contributed by atoms with Gasteiger partial charge < -0.3 is 9.88 Å². The summed E-state index contributed by atoms with van der Waals surface area (Å²) in [5, 5.41) is 8.80. The highest BCUT2D eigenvalue weighted by Gasteiger charge is 2.22. The van der Waals surface area contributed by atoms with Crippen molar-refractivity contribution in [1.29, 1.82) is 0 Å². The molecule has 0 saturated carbocycles. The standard InChI is InChI=1S/C25H30FN7/c1-19(24-4-2-3-7-27-24)15-31-8-10-32(11-9-31)16-21(26)12-20-14-28-25-6-5-22(13-23(20)25)33-17-29-30-18-33/h2-7,13-14,17-19,21,28H,8-12,15-16H2,1H3. The lowest BCUT2D eigenvalue weighted by Gasteiger charge is -2.36. The maximum absolute atomic E-state index is 15.1. The van der Waals surface area contributed by atoms with Gasteiger partial charge in [0.15, 0.2) is 0 Å². The van der Waals surface area contributed by atoms with Crippen LogP contribution in [0, 0.1) is 0 Å². The number of piperazine rings is 1. The van der Waals surface area contributed by atoms with Crippen molar-refractivity contribution in [3.8, 4) is 5.69 Å². The van der Waals surface area contributed by atoms with E-state index in [-0.39, 0.29) is 0 Å². The molecule has 1 aromatic carbocycles. The van der Waals surface area contributed by atoms with E-state index in [0.717, 1.165) is 60.6 Å². The highest BCUT2D eigenvalue weighted by atomic mass is 19.1. The third-order valence-electron chi connectivity index (χ3n) is 6.56. The first-order valence-electron chi connectivity index (χ1n) is 11.6. The fourth-order valence-corrected chi connectivity index (χ4v) is 4.72. The number of hydrogen-bond donors (Lipinski definition) is 1. The van der Waals surface area contributed by atoms with Crippen LogP contribution < -0.4 is 0 Å². The van der Waals surface area contributed by atoms with E-state index in [9.17, 15) is 0 Å². The Bertz CT molecular complexity index is 1150. The van der Waals surface area contributed by atoms with E-state index >= 15 is 4.39 Å². The largest absolute Gasteiger partial charge is 0.361 e. The molecule has 1 aliphatic heterocycles. The summed E-state index contributed by atoms with van der Waals surface area (Å²) in [5.74, 6) is 0.400. The van der Waals surface area contributed by atoms with Gasteiger partial charge in [-0.1, -0.05) is 13.0 Å². The summed E-state index contributed by atoms with van der Waals surface area (Å²) in [5.41, 5.74) is 4.13. The summed E-state index contributed by atoms with van der Waals surface area (Å²) < 4.78 is 16.9. The number of alkyl halides is 1. The summed E-state index contributed by atoms with van der Waals surface area (Å²) in [7, 11) is 0. The molecule has 3 aromatic heterocycles. The van der Waals surface area contributed by atoms with Crippen molar-refractivity contribution >= 4 is 10.9 Å². The molecule has 0 bridgehead atoms. The maximum atomic E-state index is 15.1. The molecule has 1 aliphatic rings. The van der Waals surface area contributed by atoms with Gasteiger partial charge in [0, 0.05) is 86.3 Å². The third kappa shape index (κ3) is 5.12. The Hall–Kier alpha value is -3.10. The second kappa shape index (κ2) is 9.80. The van der Waals surface area contributed by atoms with Crippen LogP contribution >= 0.6 is 0 Å². The van der Waals surface area contributed by atoms with Crippen molar-refractivity contribution in [2.45, 2.75) is 25.4 Å². The number of hydrogen-bond acceptors (Lipinski definition) is 5. The van der Waals surface area contributed by atoms with Crippen molar-refractivity contribution < 1.29 is 4.39 Å². The molecular formula is C25H30FN7. The van der Waals surface area contributed by atoms with Crippen LogP contribution in [-0.4, -0.2) is 80.0 Å². The van der Waals surface area contributed by atoms with Gasteiger partial charge >= 0.3 is 0 Å². The van der Waals surface area contributed by atoms with Gasteiger partial charge in [0.05, 0.1) is 0 Å². The Morgan fingerprint density at radius 3 is 2.48 bits per heavy atom. The molecule has 5 rings (SSSR count). The van der Waals surface area contributed by atoms with E-state index in [2.05, 4.69) is 49.0 Å². The average molecular weight is 448 g/mol. The zero-order chi connectivity index (χ0) is 22.6. The molecule has 0 radical (unpaired) electrons. The van der Waals surface area contributed by atoms with E-state index in [1.165, 1.54) is 0 Å². The predicted molar refractivity (Wildman–Crippen MR) is 127 cm³/mol. The van der Waals surface area contributed by atoms with Crippen LogP contribution in [0.1, 0.15) is 24.1 Å². The molecule has 1 fully saturated rings. The summed E-state index contributed by atoms with van der Waals surface area (Å²) >= 11 is 0. The summed E-state index contributed by atoms with van der Waals surface area (Å²) in [6.45, 7) is 7.44. The number of halogens is 1. The first-order valence-corrected chi connectivity index (χ1v) is 11.6. The molecule has 0 amide bonds. The van der Waals surface area contributed by atoms with E-state index < -0.39 is 6.17 Å². The van der Waals surface area contributed by atoms with Gasteiger partial charge in [-0.15, -0.1) is 10.2 Å². The molecule has 1 saturated heterocycles. The second-order valence-corrected chi connectivity index (χ2v) is 8.97. The number of nitrogens with zero attached hydrogens (tertiary/aromatic N) is 6. The van der Waals surface area contributed by atoms with E-state index in [0.29, 0.717) is 18.9 Å². The minimum absolute atomic E-state index is 0.400. The second-order valence-electron chi connectivity index (χ2n) is 8.97. The van der Waals surface area contributed by atoms with Gasteiger partial charge in [0.2, 0.25) is 0 Å². The van der Waals surface area contributed by atoms with E-state index in [1.54, 1.807) is 12.7 Å². The molecule has 8 heteroatoms. The zero-order valence-corrected chi connectivity index (χ0v) is 18.9. The first-order chi connectivity index (χ1) is 16.2. The average Bonchev–Trinajstić information content (AvgIpc) is 3.51. The molecule has 2 unspecified atom stereocenters. The van der Waals surface area contributed by atoms with Gasteiger partial charge in [-0.25, -0.2) is 4.39 Å². The molecule has 4 aromatic rings. The molecule has 0 aliphatic carbocycles. The molecule has 0 spiro atoms. The van der Waals surface area contributed by atoms with E-state index in [1.807, 2.05) is 41.2 Å². The minimum Gasteiger partial charge on any atom is -0.361 e. The first kappa shape index (κ1) is 21.7. The lowest BCUT2D eigenvalue weighted by molar-refractivity contribution is 0.103. The Morgan fingerprint density at radius 1 is 1.00 bits per heavy atom. The highest BCUT2D eigenvalue weighted by Crippen LogP contribution is 2.24. The number of pyridine rings is 1. The smallest absolute Gasteiger partial charge is 0.123 e. The van der Waals surface area contributed by atoms with Crippen molar-refractivity contribution in [2.75, 3.05) is 39.3 Å². The third-order valence-corrected chi connectivity index (χ3v) is 6.56. The number of aromatic nitrogens is 5. The Labute approximate surface area is 193 Å². The van der Waals surface area contributed by atoms with Gasteiger partial charge in [-0.2, -0.15) is 0 Å². The molecular weight excluding hydrogens is 417 g/mol. The number of rotatable bonds is 8. The fraction of sp³-hybridized carbons (Fsp3) is 0.400. The van der Waals surface area contributed by atoms with Crippen LogP contribution in [0.5, 0.6) is 0 Å². The van der Waals surface area contributed by atoms with Crippen molar-refractivity contribution in [3.63, 3.8) is 0 Å². The van der Waals surface area contributed by atoms with E-state index in [4.69, 9.17) is 0 Å². The van der Waals surface area contributed by atoms with Crippen LogP contribution in [0.4, 0.5) is 4.39 Å². The van der Waals surface area contributed by atoms with Crippen LogP contribution in [0.2, 0.25) is 0 Å². The number of aromatic amines is 1. The fourth-order valence-electron chi connectivity index (χ4n) is 4.72. The molecule has 33 heavy (non-hydrogen) atoms. The summed E-state index contributed by atoms with van der Waals surface area (Å²) in [6, 6.07) is 12.2. The maximum Gasteiger partial charge on any atom is 0.123 e. The van der Waals surface area contributed by atoms with Crippen molar-refractivity contribution in [3.05, 3.63) is 72.7 Å². The SMILES string of the molecule is CC(CN1CCN(CC(F)Cc2c[nH]c3ccc(-n4cnnc4)cc23)CC1)c1ccccn1. The zero-order valence-electron chi connectivity index (χ0n) is 18.9. The Morgan fingerprint density at radius 2 is 1.76 bits per heavy atom. The monoisotopic (exact) mass is 447 g/mol. The number of nitrogens with one attached hydrogen (secondary N) is 1. The lowest BCUT2D eigenvalue weighted by Crippen LogP contribution is -2.49. The molecule has 2 atom stereocenters. The van der Waals surface area contributed by atoms with Gasteiger partial charge in [-0.05, 0) is 35.9 Å². The Kier molecular flexibility index (Phi) is 6.46. The molecule has 172 valence electrons. The summed E-state index contributed by atoms with van der Waals surface area (Å²) in [4.78, 5) is 12.5. The number of fused-ring (bicyclic) bond motifs is 1. The van der Waals surface area contributed by atoms with Crippen molar-refractivity contribution in [1.82, 2.24) is 34.5 Å². The van der Waals surface area contributed by atoms with Gasteiger partial charge in [0.1, 0.15) is 18.8 Å². The predicted octanol–water partition coefficient (Wildman–Crippen LogP) is 3.45. The van der Waals surface area contributed by atoms with Crippen LogP contribution in [0.3, 0.4) is 0 Å². The Balaban J connectivity index is 1.14. The number of H-pyrrole nitrogens is 1. The van der Waals surface area contributed by atoms with Crippen LogP contribution in [0.15, 0.2) is 61.4 Å². The van der Waals surface area contributed by atoms with Gasteiger partial charge in [-0.3, -0.25) is 14.5 Å². The lowest BCUT2D eigenvalue weighted by atomic mass is 10.1. The molecule has 4 heterocycles. The topological polar surface area (TPSA) is 65.9 Å².